The topological polar surface area (TPSA) is 131 Å². The van der Waals surface area contributed by atoms with Crippen molar-refractivity contribution in [1.82, 2.24) is 0 Å². The summed E-state index contributed by atoms with van der Waals surface area (Å²) in [6.07, 6.45) is 0.114. The Bertz CT molecular complexity index is 830. The van der Waals surface area contributed by atoms with Crippen LogP contribution in [0.2, 0.25) is 0 Å². The number of hydrogen-bond donors (Lipinski definition) is 2. The molecule has 0 atom stereocenters. The number of carboxylic acids is 1. The van der Waals surface area contributed by atoms with Crippen molar-refractivity contribution in [2.45, 2.75) is 13.3 Å². The van der Waals surface area contributed by atoms with Gasteiger partial charge in [0.2, 0.25) is 0 Å². The molecule has 0 fully saturated rings. The summed E-state index contributed by atoms with van der Waals surface area (Å²) < 4.78 is 10.4. The van der Waals surface area contributed by atoms with E-state index in [4.69, 9.17) is 19.4 Å². The highest BCUT2D eigenvalue weighted by Gasteiger charge is 2.17. The molecule has 0 aromatic heterocycles. The molecule has 9 heteroatoms. The molecule has 0 saturated carbocycles. The maximum absolute atomic E-state index is 11.1. The zero-order valence-electron chi connectivity index (χ0n) is 15.1. The first kappa shape index (κ1) is 21.4. The van der Waals surface area contributed by atoms with Crippen LogP contribution in [0.1, 0.15) is 18.1 Å². The molecule has 0 aliphatic heterocycles. The van der Waals surface area contributed by atoms with Gasteiger partial charge < -0.3 is 19.8 Å². The quantitative estimate of drug-likeness (QED) is 0.343. The van der Waals surface area contributed by atoms with Gasteiger partial charge in [-0.2, -0.15) is 0 Å². The third kappa shape index (κ3) is 6.31. The molecule has 0 unspecified atom stereocenters. The first-order valence-electron chi connectivity index (χ1n) is 7.69. The van der Waals surface area contributed by atoms with Gasteiger partial charge in [0.1, 0.15) is 0 Å². The van der Waals surface area contributed by atoms with Crippen molar-refractivity contribution >= 4 is 17.4 Å². The highest BCUT2D eigenvalue weighted by molar-refractivity contribution is 6.02. The number of rotatable bonds is 6. The smallest absolute Gasteiger partial charge is 0.300 e. The molecule has 2 aromatic carbocycles. The van der Waals surface area contributed by atoms with E-state index < -0.39 is 10.9 Å². The van der Waals surface area contributed by atoms with Gasteiger partial charge in [-0.15, -0.1) is 0 Å². The van der Waals surface area contributed by atoms with Gasteiger partial charge in [0.05, 0.1) is 24.9 Å². The highest BCUT2D eigenvalue weighted by atomic mass is 16.6. The van der Waals surface area contributed by atoms with Crippen molar-refractivity contribution in [3.05, 3.63) is 63.7 Å². The second-order valence-corrected chi connectivity index (χ2v) is 5.20. The minimum absolute atomic E-state index is 0.0193. The standard InChI is InChI=1S/C16H16N2O5.C2H4O2/c1-22-15-8-7-11(10-16(15)23-2)13(17-19)9-12-5-3-4-6-14(12)18(20)21;1-2(3)4/h3-8,10,19H,9H2,1-2H3;1H3,(H,3,4). The predicted molar refractivity (Wildman–Crippen MR) is 98.0 cm³/mol. The molecule has 2 aromatic rings. The molecule has 9 nitrogen and oxygen atoms in total. The fourth-order valence-electron chi connectivity index (χ4n) is 2.23. The third-order valence-electron chi connectivity index (χ3n) is 3.38. The van der Waals surface area contributed by atoms with Crippen LogP contribution in [-0.4, -0.2) is 41.1 Å². The van der Waals surface area contributed by atoms with Crippen molar-refractivity contribution in [1.29, 1.82) is 0 Å². The number of oxime groups is 1. The van der Waals surface area contributed by atoms with Crippen molar-refractivity contribution in [3.63, 3.8) is 0 Å². The van der Waals surface area contributed by atoms with Crippen LogP contribution in [0.3, 0.4) is 0 Å². The number of methoxy groups -OCH3 is 2. The van der Waals surface area contributed by atoms with E-state index in [-0.39, 0.29) is 12.1 Å². The number of para-hydroxylation sites is 1. The molecule has 0 aliphatic rings. The predicted octanol–water partition coefficient (Wildman–Crippen LogP) is 3.12. The molecule has 0 radical (unpaired) electrons. The summed E-state index contributed by atoms with van der Waals surface area (Å²) in [4.78, 5) is 19.6. The molecule has 0 spiro atoms. The molecule has 0 heterocycles. The number of benzene rings is 2. The average molecular weight is 376 g/mol. The highest BCUT2D eigenvalue weighted by Crippen LogP contribution is 2.29. The molecule has 2 N–H and O–H groups in total. The van der Waals surface area contributed by atoms with Gasteiger partial charge in [-0.3, -0.25) is 14.9 Å². The van der Waals surface area contributed by atoms with E-state index in [1.165, 1.54) is 20.3 Å². The van der Waals surface area contributed by atoms with Crippen LogP contribution in [-0.2, 0) is 11.2 Å². The van der Waals surface area contributed by atoms with Crippen LogP contribution < -0.4 is 9.47 Å². The first-order chi connectivity index (χ1) is 12.8. The summed E-state index contributed by atoms with van der Waals surface area (Å²) in [5.41, 5.74) is 1.32. The summed E-state index contributed by atoms with van der Waals surface area (Å²) in [5, 5.41) is 31.1. The molecule has 0 saturated heterocycles. The van der Waals surface area contributed by atoms with Crippen LogP contribution in [0.4, 0.5) is 5.69 Å². The zero-order valence-corrected chi connectivity index (χ0v) is 15.1. The van der Waals surface area contributed by atoms with E-state index in [2.05, 4.69) is 5.16 Å². The number of ether oxygens (including phenoxy) is 2. The Morgan fingerprint density at radius 1 is 1.15 bits per heavy atom. The van der Waals surface area contributed by atoms with Gasteiger partial charge >= 0.3 is 0 Å². The van der Waals surface area contributed by atoms with E-state index >= 15 is 0 Å². The Labute approximate surface area is 155 Å². The number of carboxylic acid groups (broad SMARTS) is 1. The lowest BCUT2D eigenvalue weighted by Gasteiger charge is -2.10. The van der Waals surface area contributed by atoms with Gasteiger partial charge in [-0.25, -0.2) is 0 Å². The van der Waals surface area contributed by atoms with E-state index in [0.29, 0.717) is 28.3 Å². The number of carbonyl (C=O) groups is 1. The normalized spacial score (nSPS) is 10.4. The number of nitrogens with zero attached hydrogens (tertiary/aromatic N) is 2. The lowest BCUT2D eigenvalue weighted by atomic mass is 10.0. The summed E-state index contributed by atoms with van der Waals surface area (Å²) >= 11 is 0. The molecule has 2 rings (SSSR count). The van der Waals surface area contributed by atoms with Crippen molar-refractivity contribution < 1.29 is 29.5 Å². The van der Waals surface area contributed by atoms with E-state index in [1.54, 1.807) is 36.4 Å². The minimum atomic E-state index is -0.833. The Hall–Kier alpha value is -3.62. The average Bonchev–Trinajstić information content (AvgIpc) is 2.65. The fourth-order valence-corrected chi connectivity index (χ4v) is 2.23. The SMILES string of the molecule is CC(=O)O.COc1ccc(C(Cc2ccccc2[N+](=O)[O-])=NO)cc1OC. The molecular formula is C18H20N2O7. The molecular weight excluding hydrogens is 356 g/mol. The van der Waals surface area contributed by atoms with Crippen LogP contribution in [0.25, 0.3) is 0 Å². The van der Waals surface area contributed by atoms with Crippen molar-refractivity contribution in [2.75, 3.05) is 14.2 Å². The van der Waals surface area contributed by atoms with Gasteiger partial charge in [-0.05, 0) is 18.2 Å². The van der Waals surface area contributed by atoms with Gasteiger partial charge in [0.25, 0.3) is 11.7 Å². The lowest BCUT2D eigenvalue weighted by molar-refractivity contribution is -0.385. The van der Waals surface area contributed by atoms with E-state index in [9.17, 15) is 15.3 Å². The summed E-state index contributed by atoms with van der Waals surface area (Å²) in [7, 11) is 3.02. The Morgan fingerprint density at radius 3 is 2.26 bits per heavy atom. The second kappa shape index (κ2) is 10.4. The minimum Gasteiger partial charge on any atom is -0.493 e. The fraction of sp³-hybridized carbons (Fsp3) is 0.222. The second-order valence-electron chi connectivity index (χ2n) is 5.20. The molecule has 144 valence electrons. The summed E-state index contributed by atoms with van der Waals surface area (Å²) in [6.45, 7) is 1.08. The van der Waals surface area contributed by atoms with Crippen molar-refractivity contribution in [3.8, 4) is 11.5 Å². The molecule has 0 aliphatic carbocycles. The van der Waals surface area contributed by atoms with E-state index in [0.717, 1.165) is 6.92 Å². The largest absolute Gasteiger partial charge is 0.493 e. The molecule has 0 bridgehead atoms. The first-order valence-corrected chi connectivity index (χ1v) is 7.69. The number of aliphatic carboxylic acids is 1. The Kier molecular flexibility index (Phi) is 8.24. The number of hydrogen-bond acceptors (Lipinski definition) is 7. The van der Waals surface area contributed by atoms with Crippen LogP contribution in [0, 0.1) is 10.1 Å². The lowest BCUT2D eigenvalue weighted by Crippen LogP contribution is -2.08. The number of nitro benzene ring substituents is 1. The maximum Gasteiger partial charge on any atom is 0.300 e. The van der Waals surface area contributed by atoms with Crippen LogP contribution in [0.15, 0.2) is 47.6 Å². The maximum atomic E-state index is 11.1. The van der Waals surface area contributed by atoms with Gasteiger partial charge in [-0.1, -0.05) is 23.4 Å². The monoisotopic (exact) mass is 376 g/mol. The summed E-state index contributed by atoms with van der Waals surface area (Å²) in [5.74, 6) is 0.188. The van der Waals surface area contributed by atoms with Crippen LogP contribution >= 0.6 is 0 Å². The third-order valence-corrected chi connectivity index (χ3v) is 3.38. The summed E-state index contributed by atoms with van der Waals surface area (Å²) in [6, 6.07) is 11.4. The number of nitro groups is 1. The van der Waals surface area contributed by atoms with E-state index in [1.807, 2.05) is 0 Å². The van der Waals surface area contributed by atoms with Gasteiger partial charge in [0, 0.05) is 30.5 Å². The van der Waals surface area contributed by atoms with Gasteiger partial charge in [0.15, 0.2) is 11.5 Å². The Balaban J connectivity index is 0.000000828. The Morgan fingerprint density at radius 2 is 1.74 bits per heavy atom. The van der Waals surface area contributed by atoms with Crippen LogP contribution in [0.5, 0.6) is 11.5 Å². The molecule has 0 amide bonds. The zero-order chi connectivity index (χ0) is 20.4. The molecule has 27 heavy (non-hydrogen) atoms. The van der Waals surface area contributed by atoms with Crippen molar-refractivity contribution in [2.24, 2.45) is 5.16 Å².